The Hall–Kier alpha value is -10.9. The van der Waals surface area contributed by atoms with Gasteiger partial charge in [-0.3, -0.25) is 30.3 Å². The van der Waals surface area contributed by atoms with Crippen LogP contribution in [0.5, 0.6) is 29.4 Å². The molecule has 0 fully saturated rings. The molecule has 0 amide bonds. The smallest absolute Gasteiger partial charge is 0.338 e. The summed E-state index contributed by atoms with van der Waals surface area (Å²) < 4.78 is 29.5. The average Bonchev–Trinajstić information content (AvgIpc) is 2.02. The van der Waals surface area contributed by atoms with Crippen LogP contribution < -0.4 is 33.4 Å². The zero-order valence-corrected chi connectivity index (χ0v) is 51.9. The van der Waals surface area contributed by atoms with Crippen LogP contribution in [0.3, 0.4) is 0 Å². The van der Waals surface area contributed by atoms with Gasteiger partial charge in [0.2, 0.25) is 22.8 Å². The summed E-state index contributed by atoms with van der Waals surface area (Å²) in [6.07, 6.45) is 18.5. The quantitative estimate of drug-likeness (QED) is 0.0534. The van der Waals surface area contributed by atoms with Crippen LogP contribution in [0.1, 0.15) is 27.8 Å². The van der Waals surface area contributed by atoms with Gasteiger partial charge in [0.15, 0.2) is 0 Å². The summed E-state index contributed by atoms with van der Waals surface area (Å²) in [6.45, 7) is 4.24. The molecule has 0 aliphatic heterocycles. The van der Waals surface area contributed by atoms with Crippen molar-refractivity contribution >= 4 is 83.4 Å². The molecule has 462 valence electrons. The summed E-state index contributed by atoms with van der Waals surface area (Å²) in [5.74, 6) is 1.83. The lowest BCUT2D eigenvalue weighted by Crippen LogP contribution is -2.10. The van der Waals surface area contributed by atoms with Gasteiger partial charge in [0, 0.05) is 95.4 Å². The molecule has 0 radical (unpaired) electrons. The number of H-pyrrole nitrogens is 1. The van der Waals surface area contributed by atoms with Crippen LogP contribution >= 0.6 is 27.5 Å². The lowest BCUT2D eigenvalue weighted by molar-refractivity contribution is -0.386. The number of aromatic nitrogens is 9. The Morgan fingerprint density at radius 2 is 1.02 bits per heavy atom. The van der Waals surface area contributed by atoms with E-state index in [9.17, 15) is 30.3 Å². The molecular weight excluding hydrogens is 1240 g/mol. The Morgan fingerprint density at radius 1 is 0.551 bits per heavy atom. The molecular formula is C61H61BrClN13O13. The van der Waals surface area contributed by atoms with Crippen molar-refractivity contribution in [3.05, 3.63) is 239 Å². The Morgan fingerprint density at radius 3 is 1.55 bits per heavy atom. The van der Waals surface area contributed by atoms with Gasteiger partial charge in [-0.2, -0.15) is 9.46 Å². The van der Waals surface area contributed by atoms with Crippen molar-refractivity contribution in [1.29, 1.82) is 0 Å². The van der Waals surface area contributed by atoms with Crippen LogP contribution in [0.2, 0.25) is 5.15 Å². The van der Waals surface area contributed by atoms with Crippen molar-refractivity contribution in [2.75, 3.05) is 49.6 Å². The summed E-state index contributed by atoms with van der Waals surface area (Å²) in [6, 6.07) is 34.5. The molecule has 0 aliphatic rings. The lowest BCUT2D eigenvalue weighted by atomic mass is 10.2. The van der Waals surface area contributed by atoms with Crippen LogP contribution in [0, 0.1) is 44.2 Å². The summed E-state index contributed by atoms with van der Waals surface area (Å²) in [7, 11) is 11.2. The second kappa shape index (κ2) is 33.7. The SMILES string of the molecule is COc1nccc(/C=C/N(C)C)c1[N+](=O)[O-].COc1nccc(C)c1[N+](=O)[O-].COc1nccc2c(Br)cn(OCc3ccccc3)c12.COc1nccc2cc[nH]c12.COc1nccc2ccn(OCc3ccccc3)c12.Cc1ccnc(Cl)c1[N+](=O)[O-]. The Bertz CT molecular complexity index is 4110. The number of aromatic amines is 1. The number of nitrogens with one attached hydrogen (secondary N) is 1. The maximum Gasteiger partial charge on any atom is 0.338 e. The maximum absolute atomic E-state index is 10.9. The molecule has 28 heteroatoms. The molecule has 9 heterocycles. The molecule has 1 N–H and O–H groups in total. The van der Waals surface area contributed by atoms with E-state index in [1.807, 2.05) is 124 Å². The predicted octanol–water partition coefficient (Wildman–Crippen LogP) is 12.5. The molecule has 2 aromatic carbocycles. The topological polar surface area (TPSA) is 300 Å². The number of fused-ring (bicyclic) bond motifs is 3. The summed E-state index contributed by atoms with van der Waals surface area (Å²) >= 11 is 8.99. The van der Waals surface area contributed by atoms with Gasteiger partial charge in [0.05, 0.1) is 62.1 Å². The number of rotatable bonds is 16. The number of nitrogens with zero attached hydrogens (tertiary/aromatic N) is 12. The summed E-state index contributed by atoms with van der Waals surface area (Å²) in [5, 5.41) is 34.8. The number of halogens is 2. The van der Waals surface area contributed by atoms with Gasteiger partial charge in [-0.05, 0) is 102 Å². The van der Waals surface area contributed by atoms with Crippen LogP contribution in [0.15, 0.2) is 176 Å². The minimum atomic E-state index is -0.537. The van der Waals surface area contributed by atoms with Gasteiger partial charge >= 0.3 is 17.1 Å². The second-order valence-corrected chi connectivity index (χ2v) is 19.5. The first kappa shape index (κ1) is 67.2. The van der Waals surface area contributed by atoms with Crippen molar-refractivity contribution in [3.8, 4) is 29.4 Å². The molecule has 0 bridgehead atoms. The van der Waals surface area contributed by atoms with Crippen molar-refractivity contribution < 1.29 is 48.1 Å². The number of benzene rings is 2. The van der Waals surface area contributed by atoms with E-state index in [1.165, 1.54) is 32.8 Å². The van der Waals surface area contributed by atoms with Crippen molar-refractivity contribution in [1.82, 2.24) is 49.2 Å². The fourth-order valence-corrected chi connectivity index (χ4v) is 8.72. The maximum atomic E-state index is 10.9. The van der Waals surface area contributed by atoms with E-state index in [1.54, 1.807) is 98.6 Å². The zero-order valence-electron chi connectivity index (χ0n) is 49.6. The molecule has 0 aliphatic carbocycles. The van der Waals surface area contributed by atoms with Gasteiger partial charge in [-0.15, -0.1) is 0 Å². The number of aryl methyl sites for hydroxylation is 2. The molecule has 11 aromatic rings. The third-order valence-electron chi connectivity index (χ3n) is 12.2. The second-order valence-electron chi connectivity index (χ2n) is 18.3. The average molecular weight is 1300 g/mol. The fraction of sp³-hybridized carbons (Fsp3) is 0.180. The standard InChI is InChI=1S/C15H13BrN2O2.C15H14N2O2.C10H13N3O3.C8H8N2O.C7H8N2O3.C6H5ClN2O2/c1-19-15-14-12(7-8-17-15)13(16)9-18(14)20-10-11-5-3-2-4-6-11;1-18-15-14-13(7-9-16-15)8-10-17(14)19-11-12-5-3-2-4-6-12;1-12(2)7-5-8-4-6-11-10(16-3)9(8)13(14)15;1-11-8-7-6(2-4-9-7)3-5-10-8;1-5-3-4-8-7(12-2)6(5)9(10)11;1-4-2-3-8-6(7)5(4)9(10)11/h2-9H,10H2,1H3;2-10H,11H2,1H3;4-7H,1-3H3;2-5,9H,1H3;3-4H,1-2H3;2-3H,1H3/b;;7-5+;;;. The van der Waals surface area contributed by atoms with E-state index in [4.69, 9.17) is 45.0 Å². The number of methoxy groups -OCH3 is 5. The summed E-state index contributed by atoms with van der Waals surface area (Å²) in [4.78, 5) is 70.2. The largest absolute Gasteiger partial charge is 0.479 e. The molecule has 26 nitrogen and oxygen atoms in total. The van der Waals surface area contributed by atoms with Gasteiger partial charge in [-0.1, -0.05) is 72.3 Å². The van der Waals surface area contributed by atoms with Crippen LogP contribution in [-0.2, 0) is 13.2 Å². The third kappa shape index (κ3) is 18.5. The lowest BCUT2D eigenvalue weighted by Gasteiger charge is -2.09. The van der Waals surface area contributed by atoms with E-state index >= 15 is 0 Å². The first-order valence-corrected chi connectivity index (χ1v) is 27.5. The third-order valence-corrected chi connectivity index (χ3v) is 13.1. The van der Waals surface area contributed by atoms with E-state index in [2.05, 4.69) is 50.8 Å². The number of pyridine rings is 6. The monoisotopic (exact) mass is 1300 g/mol. The predicted molar refractivity (Wildman–Crippen MR) is 339 cm³/mol. The molecule has 0 unspecified atom stereocenters. The first-order chi connectivity index (χ1) is 42.9. The zero-order chi connectivity index (χ0) is 64.4. The van der Waals surface area contributed by atoms with E-state index in [0.717, 1.165) is 48.3 Å². The molecule has 89 heavy (non-hydrogen) atoms. The normalized spacial score (nSPS) is 10.3. The number of hydrogen-bond donors (Lipinski definition) is 1. The molecule has 0 saturated carbocycles. The first-order valence-electron chi connectivity index (χ1n) is 26.4. The summed E-state index contributed by atoms with van der Waals surface area (Å²) in [5.41, 5.74) is 6.07. The van der Waals surface area contributed by atoms with Gasteiger partial charge in [-0.25, -0.2) is 29.9 Å². The van der Waals surface area contributed by atoms with E-state index in [0.29, 0.717) is 47.5 Å². The highest BCUT2D eigenvalue weighted by molar-refractivity contribution is 9.10. The Kier molecular flexibility index (Phi) is 25.4. The van der Waals surface area contributed by atoms with E-state index in [-0.39, 0.29) is 34.0 Å². The highest BCUT2D eigenvalue weighted by Gasteiger charge is 2.21. The van der Waals surface area contributed by atoms with Gasteiger partial charge < -0.3 is 43.2 Å². The number of ether oxygens (including phenoxy) is 5. The molecule has 9 aromatic heterocycles. The van der Waals surface area contributed by atoms with Crippen molar-refractivity contribution in [2.45, 2.75) is 27.1 Å². The Labute approximate surface area is 523 Å². The van der Waals surface area contributed by atoms with E-state index < -0.39 is 14.8 Å². The number of hydrogen-bond acceptors (Lipinski definition) is 20. The van der Waals surface area contributed by atoms with Crippen molar-refractivity contribution in [3.63, 3.8) is 0 Å². The van der Waals surface area contributed by atoms with Crippen LogP contribution in [-0.4, -0.2) is 114 Å². The van der Waals surface area contributed by atoms with Crippen LogP contribution in [0.4, 0.5) is 17.1 Å². The fourth-order valence-electron chi connectivity index (χ4n) is 7.94. The molecule has 0 spiro atoms. The van der Waals surface area contributed by atoms with Crippen LogP contribution in [0.25, 0.3) is 38.8 Å². The van der Waals surface area contributed by atoms with Crippen molar-refractivity contribution in [2.24, 2.45) is 0 Å². The van der Waals surface area contributed by atoms with Gasteiger partial charge in [0.1, 0.15) is 29.8 Å². The Balaban J connectivity index is 0.000000173. The number of nitro groups is 3. The highest BCUT2D eigenvalue weighted by Crippen LogP contribution is 2.32. The molecule has 0 atom stereocenters. The molecule has 11 rings (SSSR count). The molecule has 0 saturated heterocycles. The van der Waals surface area contributed by atoms with Gasteiger partial charge in [0.25, 0.3) is 11.8 Å². The minimum absolute atomic E-state index is 0.0194. The minimum Gasteiger partial charge on any atom is -0.479 e. The highest BCUT2D eigenvalue weighted by atomic mass is 79.9.